The van der Waals surface area contributed by atoms with E-state index in [1.807, 2.05) is 26.0 Å². The van der Waals surface area contributed by atoms with Crippen molar-refractivity contribution in [3.63, 3.8) is 0 Å². The van der Waals surface area contributed by atoms with Crippen LogP contribution in [0.15, 0.2) is 12.1 Å². The lowest BCUT2D eigenvalue weighted by Gasteiger charge is -2.17. The molecule has 0 saturated heterocycles. The molecular weight excluding hydrogens is 256 g/mol. The van der Waals surface area contributed by atoms with Crippen LogP contribution in [0.25, 0.3) is 0 Å². The Balaban J connectivity index is 2.71. The lowest BCUT2D eigenvalue weighted by molar-refractivity contribution is 0.551. The lowest BCUT2D eigenvalue weighted by atomic mass is 10.3. The van der Waals surface area contributed by atoms with Crippen molar-refractivity contribution in [2.24, 2.45) is 0 Å². The third-order valence-corrected chi connectivity index (χ3v) is 5.64. The normalized spacial score (nSPS) is 15.8. The van der Waals surface area contributed by atoms with Crippen LogP contribution in [0.1, 0.15) is 29.6 Å². The highest BCUT2D eigenvalue weighted by molar-refractivity contribution is 7.90. The second kappa shape index (κ2) is 5.95. The van der Waals surface area contributed by atoms with E-state index in [1.54, 1.807) is 25.3 Å². The zero-order valence-corrected chi connectivity index (χ0v) is 12.3. The summed E-state index contributed by atoms with van der Waals surface area (Å²) in [5.74, 6) is 0. The Morgan fingerprint density at radius 1 is 1.35 bits per heavy atom. The van der Waals surface area contributed by atoms with Crippen LogP contribution in [0.5, 0.6) is 0 Å². The van der Waals surface area contributed by atoms with Crippen LogP contribution in [-0.4, -0.2) is 27.3 Å². The summed E-state index contributed by atoms with van der Waals surface area (Å²) in [4.78, 5) is 2.23. The van der Waals surface area contributed by atoms with E-state index in [0.717, 1.165) is 4.88 Å². The second-order valence-corrected chi connectivity index (χ2v) is 7.65. The first-order valence-electron chi connectivity index (χ1n) is 5.59. The van der Waals surface area contributed by atoms with E-state index in [1.165, 1.54) is 4.88 Å². The molecule has 2 atom stereocenters. The smallest absolute Gasteiger partial charge is 0.216 e. The predicted molar refractivity (Wildman–Crippen MR) is 72.9 cm³/mol. The van der Waals surface area contributed by atoms with Gasteiger partial charge < -0.3 is 5.32 Å². The van der Waals surface area contributed by atoms with Crippen molar-refractivity contribution in [3.8, 4) is 0 Å². The van der Waals surface area contributed by atoms with Gasteiger partial charge >= 0.3 is 0 Å². The van der Waals surface area contributed by atoms with Crippen LogP contribution in [0, 0.1) is 6.92 Å². The summed E-state index contributed by atoms with van der Waals surface area (Å²) < 4.78 is 26.6. The molecule has 0 aliphatic heterocycles. The average molecular weight is 276 g/mol. The maximum Gasteiger partial charge on any atom is 0.216 e. The fraction of sp³-hybridized carbons (Fsp3) is 0.636. The van der Waals surface area contributed by atoms with Crippen LogP contribution >= 0.6 is 11.3 Å². The van der Waals surface area contributed by atoms with Crippen LogP contribution in [0.2, 0.25) is 0 Å². The molecule has 1 aromatic heterocycles. The quantitative estimate of drug-likeness (QED) is 0.830. The Kier molecular flexibility index (Phi) is 5.12. The summed E-state index contributed by atoms with van der Waals surface area (Å²) in [6.07, 6.45) is 0. The summed E-state index contributed by atoms with van der Waals surface area (Å²) >= 11 is 1.62. The Hall–Kier alpha value is -0.430. The highest BCUT2D eigenvalue weighted by Crippen LogP contribution is 2.23. The summed E-state index contributed by atoms with van der Waals surface area (Å²) in [7, 11) is -1.52. The van der Waals surface area contributed by atoms with Gasteiger partial charge in [-0.3, -0.25) is 0 Å². The van der Waals surface area contributed by atoms with Crippen molar-refractivity contribution in [1.29, 1.82) is 0 Å². The molecule has 17 heavy (non-hydrogen) atoms. The summed E-state index contributed by atoms with van der Waals surface area (Å²) in [6, 6.07) is 3.80. The third kappa shape index (κ3) is 4.06. The van der Waals surface area contributed by atoms with Crippen LogP contribution in [0.3, 0.4) is 0 Å². The molecule has 0 spiro atoms. The largest absolute Gasteiger partial charge is 0.318 e. The van der Waals surface area contributed by atoms with Crippen molar-refractivity contribution in [2.45, 2.75) is 32.1 Å². The first-order valence-corrected chi connectivity index (χ1v) is 7.95. The first-order chi connectivity index (χ1) is 7.86. The molecule has 0 aliphatic rings. The van der Waals surface area contributed by atoms with Gasteiger partial charge in [-0.05, 0) is 40.0 Å². The van der Waals surface area contributed by atoms with Crippen molar-refractivity contribution < 1.29 is 8.42 Å². The molecule has 1 heterocycles. The van der Waals surface area contributed by atoms with Crippen LogP contribution in [-0.2, 0) is 10.0 Å². The van der Waals surface area contributed by atoms with E-state index in [0.29, 0.717) is 6.54 Å². The van der Waals surface area contributed by atoms with E-state index in [9.17, 15) is 8.42 Å². The standard InChI is InChI=1S/C11H20N2O2S2/c1-8-5-6-11(16-8)10(3)13-17(14,15)9(2)7-12-4/h5-6,9-10,12-13H,7H2,1-4H3. The molecule has 4 nitrogen and oxygen atoms in total. The van der Waals surface area contributed by atoms with Crippen molar-refractivity contribution >= 4 is 21.4 Å². The Morgan fingerprint density at radius 2 is 2.00 bits per heavy atom. The number of sulfonamides is 1. The maximum absolute atomic E-state index is 12.0. The number of rotatable bonds is 6. The number of hydrogen-bond acceptors (Lipinski definition) is 4. The molecule has 0 bridgehead atoms. The van der Waals surface area contributed by atoms with Gasteiger partial charge in [-0.25, -0.2) is 13.1 Å². The maximum atomic E-state index is 12.0. The van der Waals surface area contributed by atoms with Crippen LogP contribution < -0.4 is 10.0 Å². The zero-order chi connectivity index (χ0) is 13.1. The van der Waals surface area contributed by atoms with Gasteiger partial charge in [0.15, 0.2) is 0 Å². The molecule has 0 radical (unpaired) electrons. The molecule has 2 unspecified atom stereocenters. The Morgan fingerprint density at radius 3 is 2.47 bits per heavy atom. The summed E-state index contributed by atoms with van der Waals surface area (Å²) in [5.41, 5.74) is 0. The SMILES string of the molecule is CNCC(C)S(=O)(=O)NC(C)c1ccc(C)s1. The highest BCUT2D eigenvalue weighted by atomic mass is 32.2. The monoisotopic (exact) mass is 276 g/mol. The molecule has 0 amide bonds. The van der Waals surface area contributed by atoms with E-state index in [2.05, 4.69) is 10.0 Å². The molecular formula is C11H20N2O2S2. The molecule has 0 fully saturated rings. The van der Waals surface area contributed by atoms with Gasteiger partial charge in [-0.2, -0.15) is 0 Å². The zero-order valence-electron chi connectivity index (χ0n) is 10.6. The minimum absolute atomic E-state index is 0.169. The first kappa shape index (κ1) is 14.6. The average Bonchev–Trinajstić information content (AvgIpc) is 2.64. The fourth-order valence-electron chi connectivity index (χ4n) is 1.50. The molecule has 6 heteroatoms. The molecule has 0 aliphatic carbocycles. The topological polar surface area (TPSA) is 58.2 Å². The molecule has 1 aromatic rings. The molecule has 0 aromatic carbocycles. The molecule has 1 rings (SSSR count). The van der Waals surface area contributed by atoms with Crippen LogP contribution in [0.4, 0.5) is 0 Å². The minimum atomic E-state index is -3.27. The van der Waals surface area contributed by atoms with Gasteiger partial charge in [0.25, 0.3) is 0 Å². The van der Waals surface area contributed by atoms with Gasteiger partial charge in [-0.15, -0.1) is 11.3 Å². The molecule has 2 N–H and O–H groups in total. The van der Waals surface area contributed by atoms with Gasteiger partial charge in [0, 0.05) is 16.3 Å². The number of hydrogen-bond donors (Lipinski definition) is 2. The minimum Gasteiger partial charge on any atom is -0.318 e. The number of nitrogens with one attached hydrogen (secondary N) is 2. The van der Waals surface area contributed by atoms with Crippen molar-refractivity contribution in [1.82, 2.24) is 10.0 Å². The predicted octanol–water partition coefficient (Wildman–Crippen LogP) is 1.64. The second-order valence-electron chi connectivity index (χ2n) is 4.20. The van der Waals surface area contributed by atoms with Crippen molar-refractivity contribution in [2.75, 3.05) is 13.6 Å². The van der Waals surface area contributed by atoms with E-state index in [4.69, 9.17) is 0 Å². The van der Waals surface area contributed by atoms with Gasteiger partial charge in [-0.1, -0.05) is 0 Å². The number of thiophene rings is 1. The number of aryl methyl sites for hydroxylation is 1. The molecule has 98 valence electrons. The highest BCUT2D eigenvalue weighted by Gasteiger charge is 2.23. The third-order valence-electron chi connectivity index (χ3n) is 2.55. The van der Waals surface area contributed by atoms with Crippen molar-refractivity contribution in [3.05, 3.63) is 21.9 Å². The Bertz CT molecular complexity index is 454. The Labute approximate surface area is 107 Å². The van der Waals surface area contributed by atoms with E-state index >= 15 is 0 Å². The van der Waals surface area contributed by atoms with E-state index < -0.39 is 15.3 Å². The summed E-state index contributed by atoms with van der Waals surface area (Å²) in [6.45, 7) is 6.03. The fourth-order valence-corrected chi connectivity index (χ4v) is 3.70. The van der Waals surface area contributed by atoms with E-state index in [-0.39, 0.29) is 6.04 Å². The van der Waals surface area contributed by atoms with Gasteiger partial charge in [0.2, 0.25) is 10.0 Å². The van der Waals surface area contributed by atoms with Gasteiger partial charge in [0.05, 0.1) is 11.3 Å². The summed E-state index contributed by atoms with van der Waals surface area (Å²) in [5, 5.41) is 2.44. The molecule has 0 saturated carbocycles. The van der Waals surface area contributed by atoms with Gasteiger partial charge in [0.1, 0.15) is 0 Å². The lowest BCUT2D eigenvalue weighted by Crippen LogP contribution is -2.39.